The van der Waals surface area contributed by atoms with E-state index in [1.165, 1.54) is 12.8 Å². The predicted molar refractivity (Wildman–Crippen MR) is 82.0 cm³/mol. The van der Waals surface area contributed by atoms with E-state index in [0.717, 1.165) is 29.9 Å². The van der Waals surface area contributed by atoms with Gasteiger partial charge in [-0.1, -0.05) is 47.5 Å². The molecule has 1 heterocycles. The maximum Gasteiger partial charge on any atom is 0.216 e. The quantitative estimate of drug-likeness (QED) is 0.579. The van der Waals surface area contributed by atoms with Crippen molar-refractivity contribution in [3.63, 3.8) is 0 Å². The van der Waals surface area contributed by atoms with Crippen LogP contribution >= 0.6 is 0 Å². The van der Waals surface area contributed by atoms with Crippen LogP contribution in [-0.2, 0) is 0 Å². The topological polar surface area (TPSA) is 12.9 Å². The molecule has 0 aromatic carbocycles. The lowest BCUT2D eigenvalue weighted by Crippen LogP contribution is -2.13. The van der Waals surface area contributed by atoms with Crippen LogP contribution in [0, 0.1) is 18.8 Å². The zero-order valence-electron chi connectivity index (χ0n) is 13.5. The van der Waals surface area contributed by atoms with Crippen LogP contribution in [-0.4, -0.2) is 4.98 Å². The SMILES string of the molecule is CC.CC.Cc1ccnc(F)c1C1CCC(C)CC1. The fraction of sp³-hybridized carbons (Fsp3) is 0.706. The maximum atomic E-state index is 13.6. The van der Waals surface area contributed by atoms with Gasteiger partial charge in [-0.25, -0.2) is 4.98 Å². The summed E-state index contributed by atoms with van der Waals surface area (Å²) in [5, 5.41) is 0. The highest BCUT2D eigenvalue weighted by molar-refractivity contribution is 5.27. The fourth-order valence-electron chi connectivity index (χ4n) is 2.58. The summed E-state index contributed by atoms with van der Waals surface area (Å²) in [7, 11) is 0. The summed E-state index contributed by atoms with van der Waals surface area (Å²) >= 11 is 0. The first-order valence-electron chi connectivity index (χ1n) is 7.79. The van der Waals surface area contributed by atoms with Gasteiger partial charge in [0.1, 0.15) is 0 Å². The summed E-state index contributed by atoms with van der Waals surface area (Å²) in [6.07, 6.45) is 6.23. The smallest absolute Gasteiger partial charge is 0.216 e. The number of aromatic nitrogens is 1. The minimum atomic E-state index is -0.255. The van der Waals surface area contributed by atoms with E-state index in [9.17, 15) is 4.39 Å². The maximum absolute atomic E-state index is 13.6. The lowest BCUT2D eigenvalue weighted by Gasteiger charge is -2.27. The lowest BCUT2D eigenvalue weighted by molar-refractivity contribution is 0.339. The first-order chi connectivity index (χ1) is 9.18. The average molecular weight is 267 g/mol. The third kappa shape index (κ3) is 5.30. The summed E-state index contributed by atoms with van der Waals surface area (Å²) in [6, 6.07) is 1.91. The number of aryl methyl sites for hydroxylation is 1. The van der Waals surface area contributed by atoms with Crippen LogP contribution in [0.1, 0.15) is 77.3 Å². The van der Waals surface area contributed by atoms with E-state index in [2.05, 4.69) is 11.9 Å². The summed E-state index contributed by atoms with van der Waals surface area (Å²) in [5.74, 6) is 0.950. The molecule has 1 aliphatic rings. The summed E-state index contributed by atoms with van der Waals surface area (Å²) in [5.41, 5.74) is 1.92. The third-order valence-electron chi connectivity index (χ3n) is 3.58. The Bertz CT molecular complexity index is 321. The number of pyridine rings is 1. The molecule has 1 saturated carbocycles. The Morgan fingerprint density at radius 1 is 1.05 bits per heavy atom. The van der Waals surface area contributed by atoms with Crippen molar-refractivity contribution in [1.29, 1.82) is 0 Å². The molecule has 0 spiro atoms. The van der Waals surface area contributed by atoms with Gasteiger partial charge in [0.25, 0.3) is 0 Å². The molecule has 1 nitrogen and oxygen atoms in total. The molecule has 0 bridgehead atoms. The van der Waals surface area contributed by atoms with Crippen LogP contribution in [0.25, 0.3) is 0 Å². The van der Waals surface area contributed by atoms with Crippen LogP contribution < -0.4 is 0 Å². The van der Waals surface area contributed by atoms with Crippen molar-refractivity contribution in [2.24, 2.45) is 5.92 Å². The molecule has 0 atom stereocenters. The van der Waals surface area contributed by atoms with Gasteiger partial charge in [0, 0.05) is 11.8 Å². The van der Waals surface area contributed by atoms with Gasteiger partial charge in [0.15, 0.2) is 0 Å². The highest BCUT2D eigenvalue weighted by atomic mass is 19.1. The number of hydrogen-bond donors (Lipinski definition) is 0. The first kappa shape index (κ1) is 18.1. The highest BCUT2D eigenvalue weighted by Crippen LogP contribution is 2.37. The Labute approximate surface area is 118 Å². The molecule has 0 saturated heterocycles. The summed E-state index contributed by atoms with van der Waals surface area (Å²) in [4.78, 5) is 3.77. The Hall–Kier alpha value is -0.920. The standard InChI is InChI=1S/C13H18FN.2C2H6/c1-9-3-5-11(6-4-9)12-10(2)7-8-15-13(12)14;2*1-2/h7-9,11H,3-6H2,1-2H3;2*1-2H3. The van der Waals surface area contributed by atoms with Gasteiger partial charge in [-0.05, 0) is 43.2 Å². The molecule has 0 unspecified atom stereocenters. The molecule has 0 N–H and O–H groups in total. The molecule has 19 heavy (non-hydrogen) atoms. The van der Waals surface area contributed by atoms with Gasteiger partial charge in [-0.2, -0.15) is 4.39 Å². The number of hydrogen-bond acceptors (Lipinski definition) is 1. The van der Waals surface area contributed by atoms with Crippen molar-refractivity contribution >= 4 is 0 Å². The number of halogens is 1. The van der Waals surface area contributed by atoms with Gasteiger partial charge in [0.05, 0.1) is 0 Å². The van der Waals surface area contributed by atoms with Crippen LogP contribution in [0.15, 0.2) is 12.3 Å². The van der Waals surface area contributed by atoms with Gasteiger partial charge in [-0.3, -0.25) is 0 Å². The molecule has 0 aliphatic heterocycles. The van der Waals surface area contributed by atoms with Crippen molar-refractivity contribution < 1.29 is 4.39 Å². The van der Waals surface area contributed by atoms with E-state index in [4.69, 9.17) is 0 Å². The molecule has 0 amide bonds. The second-order valence-corrected chi connectivity index (χ2v) is 4.79. The van der Waals surface area contributed by atoms with E-state index in [1.807, 2.05) is 40.7 Å². The number of rotatable bonds is 1. The lowest BCUT2D eigenvalue weighted by atomic mass is 9.79. The van der Waals surface area contributed by atoms with Gasteiger partial charge < -0.3 is 0 Å². The zero-order chi connectivity index (χ0) is 14.8. The molecule has 1 aliphatic carbocycles. The van der Waals surface area contributed by atoms with Crippen molar-refractivity contribution in [3.8, 4) is 0 Å². The predicted octanol–water partition coefficient (Wildman–Crippen LogP) is 5.88. The minimum absolute atomic E-state index is 0.255. The highest BCUT2D eigenvalue weighted by Gasteiger charge is 2.23. The van der Waals surface area contributed by atoms with Crippen molar-refractivity contribution in [3.05, 3.63) is 29.3 Å². The Morgan fingerprint density at radius 3 is 2.05 bits per heavy atom. The molecular weight excluding hydrogens is 237 g/mol. The minimum Gasteiger partial charge on any atom is -0.228 e. The van der Waals surface area contributed by atoms with E-state index in [-0.39, 0.29) is 5.95 Å². The van der Waals surface area contributed by atoms with Crippen LogP contribution in [0.2, 0.25) is 0 Å². The molecule has 2 heteroatoms. The second kappa shape index (κ2) is 9.94. The Balaban J connectivity index is 0.000000741. The summed E-state index contributed by atoms with van der Waals surface area (Å²) < 4.78 is 13.6. The Morgan fingerprint density at radius 2 is 1.58 bits per heavy atom. The Kier molecular flexibility index (Phi) is 9.46. The molecular formula is C17H30FN. The summed E-state index contributed by atoms with van der Waals surface area (Å²) in [6.45, 7) is 12.3. The van der Waals surface area contributed by atoms with Crippen LogP contribution in [0.5, 0.6) is 0 Å². The van der Waals surface area contributed by atoms with Gasteiger partial charge in [-0.15, -0.1) is 0 Å². The molecule has 110 valence electrons. The van der Waals surface area contributed by atoms with Crippen molar-refractivity contribution in [2.75, 3.05) is 0 Å². The fourth-order valence-corrected chi connectivity index (χ4v) is 2.58. The molecule has 1 fully saturated rings. The zero-order valence-corrected chi connectivity index (χ0v) is 13.5. The first-order valence-corrected chi connectivity index (χ1v) is 7.79. The largest absolute Gasteiger partial charge is 0.228 e. The van der Waals surface area contributed by atoms with E-state index in [1.54, 1.807) is 6.20 Å². The normalized spacial score (nSPS) is 21.6. The van der Waals surface area contributed by atoms with E-state index in [0.29, 0.717) is 5.92 Å². The monoisotopic (exact) mass is 267 g/mol. The molecule has 0 radical (unpaired) electrons. The average Bonchev–Trinajstić information content (AvgIpc) is 2.45. The van der Waals surface area contributed by atoms with Crippen LogP contribution in [0.3, 0.4) is 0 Å². The van der Waals surface area contributed by atoms with Crippen LogP contribution in [0.4, 0.5) is 4.39 Å². The second-order valence-electron chi connectivity index (χ2n) is 4.79. The molecule has 1 aromatic rings. The van der Waals surface area contributed by atoms with E-state index >= 15 is 0 Å². The molecule has 2 rings (SSSR count). The van der Waals surface area contributed by atoms with E-state index < -0.39 is 0 Å². The van der Waals surface area contributed by atoms with Gasteiger partial charge in [0.2, 0.25) is 5.95 Å². The third-order valence-corrected chi connectivity index (χ3v) is 3.58. The number of nitrogens with zero attached hydrogens (tertiary/aromatic N) is 1. The van der Waals surface area contributed by atoms with Gasteiger partial charge >= 0.3 is 0 Å². The molecule has 1 aromatic heterocycles. The van der Waals surface area contributed by atoms with Crippen molar-refractivity contribution in [2.45, 2.75) is 73.1 Å². The van der Waals surface area contributed by atoms with Crippen molar-refractivity contribution in [1.82, 2.24) is 4.98 Å².